The molecule has 2 aliphatic carbocycles. The van der Waals surface area contributed by atoms with Crippen LogP contribution in [0.3, 0.4) is 0 Å². The fourth-order valence-electron chi connectivity index (χ4n) is 9.12. The Labute approximate surface area is 312 Å². The number of carbonyl (C=O) groups is 3. The van der Waals surface area contributed by atoms with Crippen LogP contribution >= 0.6 is 0 Å². The van der Waals surface area contributed by atoms with Crippen molar-refractivity contribution in [3.05, 3.63) is 35.1 Å². The van der Waals surface area contributed by atoms with Crippen molar-refractivity contribution in [1.29, 1.82) is 0 Å². The average Bonchev–Trinajstić information content (AvgIpc) is 3.48. The van der Waals surface area contributed by atoms with E-state index in [1.807, 2.05) is 11.0 Å². The number of methoxy groups -OCH3 is 1. The number of likely N-dealkylation sites (tertiary alicyclic amines) is 1. The van der Waals surface area contributed by atoms with Crippen molar-refractivity contribution >= 4 is 17.9 Å². The molecule has 2 aliphatic heterocycles. The number of piperidine rings is 1. The lowest BCUT2D eigenvalue weighted by Crippen LogP contribution is -2.76. The standard InChI is InChI=1S/C41H58F3NO8/c1-5-6-7-8-9-10-11-12-13-14-15-16-17-18-19-20-33(46)50-28(2)37(47)51-31-23-24-40(53-38(48)41(42,43)44)32-27-29-21-22-30(49-4)35-34(29)39(40,36(31)52-35)25-26-45(32)3/h21-23,28,32,36H,5-20,24-27H2,1-4H3/t28-,32?,36-,39-,40+/m0/s1. The fraction of sp³-hybridized carbons (Fsp3) is 0.732. The molecule has 296 valence electrons. The first-order valence-electron chi connectivity index (χ1n) is 19.9. The number of benzene rings is 1. The number of alkyl halides is 3. The van der Waals surface area contributed by atoms with E-state index in [2.05, 4.69) is 6.92 Å². The predicted molar refractivity (Wildman–Crippen MR) is 193 cm³/mol. The summed E-state index contributed by atoms with van der Waals surface area (Å²) >= 11 is 0. The Morgan fingerprint density at radius 1 is 0.943 bits per heavy atom. The van der Waals surface area contributed by atoms with Gasteiger partial charge in [-0.05, 0) is 57.5 Å². The van der Waals surface area contributed by atoms with Crippen molar-refractivity contribution in [3.63, 3.8) is 0 Å². The summed E-state index contributed by atoms with van der Waals surface area (Å²) in [6.07, 6.45) is 12.8. The third-order valence-corrected chi connectivity index (χ3v) is 11.9. The van der Waals surface area contributed by atoms with Crippen LogP contribution < -0.4 is 9.47 Å². The monoisotopic (exact) mass is 749 g/mol. The van der Waals surface area contributed by atoms with Crippen LogP contribution in [0, 0.1) is 0 Å². The minimum atomic E-state index is -5.22. The Hall–Kier alpha value is -3.28. The Balaban J connectivity index is 1.14. The van der Waals surface area contributed by atoms with Crippen LogP contribution in [0.1, 0.15) is 141 Å². The molecule has 9 nitrogen and oxygen atoms in total. The van der Waals surface area contributed by atoms with Gasteiger partial charge in [-0.3, -0.25) is 9.69 Å². The van der Waals surface area contributed by atoms with Crippen LogP contribution in [0.2, 0.25) is 0 Å². The van der Waals surface area contributed by atoms with Crippen LogP contribution in [0.15, 0.2) is 24.0 Å². The van der Waals surface area contributed by atoms with Crippen LogP contribution in [0.25, 0.3) is 0 Å². The van der Waals surface area contributed by atoms with E-state index in [0.717, 1.165) is 24.8 Å². The highest BCUT2D eigenvalue weighted by molar-refractivity contribution is 5.80. The number of halogens is 3. The van der Waals surface area contributed by atoms with Gasteiger partial charge in [0.25, 0.3) is 0 Å². The number of likely N-dealkylation sites (N-methyl/N-ethyl adjacent to an activating group) is 1. The number of hydrogen-bond acceptors (Lipinski definition) is 9. The van der Waals surface area contributed by atoms with E-state index in [9.17, 15) is 27.6 Å². The van der Waals surface area contributed by atoms with Gasteiger partial charge in [-0.2, -0.15) is 13.2 Å². The molecule has 1 fully saturated rings. The second-order valence-corrected chi connectivity index (χ2v) is 15.4. The van der Waals surface area contributed by atoms with Gasteiger partial charge < -0.3 is 23.7 Å². The summed E-state index contributed by atoms with van der Waals surface area (Å²) in [5, 5.41) is 0. The molecule has 0 N–H and O–H groups in total. The van der Waals surface area contributed by atoms with Crippen molar-refractivity contribution in [3.8, 4) is 11.5 Å². The lowest BCUT2D eigenvalue weighted by molar-refractivity contribution is -0.242. The smallest absolute Gasteiger partial charge is 0.490 e. The molecule has 0 radical (unpaired) electrons. The quantitative estimate of drug-likeness (QED) is 0.0694. The third kappa shape index (κ3) is 8.67. The van der Waals surface area contributed by atoms with Gasteiger partial charge in [-0.25, -0.2) is 9.59 Å². The van der Waals surface area contributed by atoms with Crippen LogP contribution in [0.4, 0.5) is 13.2 Å². The van der Waals surface area contributed by atoms with E-state index in [4.69, 9.17) is 23.7 Å². The first kappa shape index (κ1) is 40.9. The largest absolute Gasteiger partial charge is 0.493 e. The van der Waals surface area contributed by atoms with Crippen molar-refractivity contribution in [2.24, 2.45) is 0 Å². The molecule has 0 amide bonds. The van der Waals surface area contributed by atoms with E-state index >= 15 is 0 Å². The Morgan fingerprint density at radius 3 is 2.13 bits per heavy atom. The highest BCUT2D eigenvalue weighted by atomic mass is 19.4. The van der Waals surface area contributed by atoms with Crippen molar-refractivity contribution in [2.45, 2.75) is 171 Å². The SMILES string of the molecule is CCCCCCCCCCCCCCCCCC(=O)O[C@@H](C)C(=O)OC1=CC[C@@]2(OC(=O)C(F)(F)F)C3Cc4ccc(OC)c5c4[C@@]2(CCN3C)[C@H]1O5. The van der Waals surface area contributed by atoms with Crippen molar-refractivity contribution in [2.75, 3.05) is 20.7 Å². The third-order valence-electron chi connectivity index (χ3n) is 11.9. The summed E-state index contributed by atoms with van der Waals surface area (Å²) in [5.74, 6) is -2.83. The molecule has 1 aromatic carbocycles. The number of ether oxygens (including phenoxy) is 5. The molecule has 5 atom stereocenters. The molecule has 1 saturated heterocycles. The number of unbranched alkanes of at least 4 members (excludes halogenated alkanes) is 14. The normalized spacial score (nSPS) is 24.8. The summed E-state index contributed by atoms with van der Waals surface area (Å²) < 4.78 is 70.2. The van der Waals surface area contributed by atoms with Crippen molar-refractivity contribution in [1.82, 2.24) is 4.90 Å². The zero-order chi connectivity index (χ0) is 38.2. The van der Waals surface area contributed by atoms with Crippen LogP contribution in [-0.4, -0.2) is 73.5 Å². The first-order valence-corrected chi connectivity index (χ1v) is 19.9. The minimum Gasteiger partial charge on any atom is -0.493 e. The molecule has 2 bridgehead atoms. The molecular weight excluding hydrogens is 691 g/mol. The number of nitrogens with zero attached hydrogens (tertiary/aromatic N) is 1. The number of rotatable bonds is 21. The van der Waals surface area contributed by atoms with E-state index in [1.54, 1.807) is 13.1 Å². The van der Waals surface area contributed by atoms with Crippen molar-refractivity contribution < 1.29 is 51.2 Å². The predicted octanol–water partition coefficient (Wildman–Crippen LogP) is 8.82. The summed E-state index contributed by atoms with van der Waals surface area (Å²) in [4.78, 5) is 40.5. The Morgan fingerprint density at radius 2 is 1.55 bits per heavy atom. The average molecular weight is 750 g/mol. The zero-order valence-electron chi connectivity index (χ0n) is 32.0. The summed E-state index contributed by atoms with van der Waals surface area (Å²) in [7, 11) is 3.26. The van der Waals surface area contributed by atoms with Gasteiger partial charge in [0.2, 0.25) is 0 Å². The molecule has 0 saturated carbocycles. The van der Waals surface area contributed by atoms with E-state index < -0.39 is 53.4 Å². The second-order valence-electron chi connectivity index (χ2n) is 15.4. The highest BCUT2D eigenvalue weighted by Crippen LogP contribution is 2.66. The first-order chi connectivity index (χ1) is 25.4. The summed E-state index contributed by atoms with van der Waals surface area (Å²) in [6, 6.07) is 2.99. The van der Waals surface area contributed by atoms with Gasteiger partial charge in [0.1, 0.15) is 11.4 Å². The van der Waals surface area contributed by atoms with Gasteiger partial charge in [-0.1, -0.05) is 103 Å². The molecule has 53 heavy (non-hydrogen) atoms. The maximum Gasteiger partial charge on any atom is 0.490 e. The van der Waals surface area contributed by atoms with Gasteiger partial charge in [0, 0.05) is 18.4 Å². The molecule has 1 aromatic rings. The maximum atomic E-state index is 13.8. The Bertz CT molecular complexity index is 1480. The topological polar surface area (TPSA) is 101 Å². The molecule has 1 unspecified atom stereocenters. The fourth-order valence-corrected chi connectivity index (χ4v) is 9.12. The molecular formula is C41H58F3NO8. The lowest BCUT2D eigenvalue weighted by Gasteiger charge is -2.62. The van der Waals surface area contributed by atoms with Gasteiger partial charge in [-0.15, -0.1) is 0 Å². The van der Waals surface area contributed by atoms with Gasteiger partial charge >= 0.3 is 24.1 Å². The molecule has 5 rings (SSSR count). The van der Waals surface area contributed by atoms with E-state index in [0.29, 0.717) is 36.4 Å². The highest BCUT2D eigenvalue weighted by Gasteiger charge is 2.75. The van der Waals surface area contributed by atoms with Crippen LogP contribution in [0.5, 0.6) is 11.5 Å². The molecule has 2 heterocycles. The Kier molecular flexibility index (Phi) is 13.8. The number of carbonyl (C=O) groups excluding carboxylic acids is 3. The second kappa shape index (κ2) is 17.9. The van der Waals surface area contributed by atoms with E-state index in [1.165, 1.54) is 90.7 Å². The van der Waals surface area contributed by atoms with Crippen LogP contribution in [-0.2, 0) is 40.4 Å². The zero-order valence-corrected chi connectivity index (χ0v) is 32.0. The molecule has 0 aromatic heterocycles. The molecule has 1 spiro atoms. The number of esters is 3. The van der Waals surface area contributed by atoms with Gasteiger partial charge in [0.15, 0.2) is 23.7 Å². The maximum absolute atomic E-state index is 13.8. The summed E-state index contributed by atoms with van der Waals surface area (Å²) in [5.41, 5.74) is -1.50. The van der Waals surface area contributed by atoms with E-state index in [-0.39, 0.29) is 25.0 Å². The minimum absolute atomic E-state index is 0.0772. The summed E-state index contributed by atoms with van der Waals surface area (Å²) in [6.45, 7) is 4.15. The van der Waals surface area contributed by atoms with Gasteiger partial charge in [0.05, 0.1) is 18.6 Å². The molecule has 4 aliphatic rings. The molecule has 12 heteroatoms. The lowest BCUT2D eigenvalue weighted by atomic mass is 9.50. The number of hydrogen-bond donors (Lipinski definition) is 0.